The van der Waals surface area contributed by atoms with Gasteiger partial charge in [-0.3, -0.25) is 0 Å². The van der Waals surface area contributed by atoms with Crippen LogP contribution in [0.3, 0.4) is 0 Å². The molecule has 0 unspecified atom stereocenters. The monoisotopic (exact) mass is 242 g/mol. The second-order valence-corrected chi connectivity index (χ2v) is 4.31. The molecule has 92 valence electrons. The maximum Gasteiger partial charge on any atom is 0.488 e. The van der Waals surface area contributed by atoms with E-state index in [-0.39, 0.29) is 0 Å². The van der Waals surface area contributed by atoms with Gasteiger partial charge in [0.15, 0.2) is 0 Å². The van der Waals surface area contributed by atoms with Crippen LogP contribution in [0.4, 0.5) is 0 Å². The molecule has 0 saturated heterocycles. The molecule has 0 amide bonds. The summed E-state index contributed by atoms with van der Waals surface area (Å²) in [6, 6.07) is 12.9. The van der Waals surface area contributed by atoms with Gasteiger partial charge in [-0.15, -0.1) is 0 Å². The lowest BCUT2D eigenvalue weighted by molar-refractivity contribution is 0.425. The lowest BCUT2D eigenvalue weighted by Crippen LogP contribution is -2.31. The Morgan fingerprint density at radius 3 is 2.28 bits per heavy atom. The van der Waals surface area contributed by atoms with Gasteiger partial charge in [0, 0.05) is 0 Å². The normalized spacial score (nSPS) is 10.2. The van der Waals surface area contributed by atoms with E-state index in [0.717, 1.165) is 16.9 Å². The molecule has 3 nitrogen and oxygen atoms in total. The second-order valence-electron chi connectivity index (χ2n) is 4.31. The van der Waals surface area contributed by atoms with E-state index in [9.17, 15) is 0 Å². The Kier molecular flexibility index (Phi) is 3.70. The first-order valence-corrected chi connectivity index (χ1v) is 5.77. The van der Waals surface area contributed by atoms with Gasteiger partial charge in [-0.25, -0.2) is 0 Å². The van der Waals surface area contributed by atoms with E-state index in [4.69, 9.17) is 14.8 Å². The minimum Gasteiger partial charge on any atom is -0.457 e. The van der Waals surface area contributed by atoms with Crippen LogP contribution in [0, 0.1) is 13.8 Å². The third-order valence-corrected chi connectivity index (χ3v) is 2.74. The highest BCUT2D eigenvalue weighted by Crippen LogP contribution is 2.22. The standard InChI is InChI=1S/C14H15BO3/c1-10-4-3-5-12(8-10)18-13-6-7-14(15(16)17)11(2)9-13/h3-9,16-17H,1-2H3. The first kappa shape index (κ1) is 12.7. The molecule has 4 heteroatoms. The van der Waals surface area contributed by atoms with E-state index in [1.165, 1.54) is 0 Å². The zero-order valence-electron chi connectivity index (χ0n) is 10.4. The van der Waals surface area contributed by atoms with E-state index in [1.807, 2.05) is 38.1 Å². The van der Waals surface area contributed by atoms with Crippen molar-refractivity contribution in [3.05, 3.63) is 53.6 Å². The maximum absolute atomic E-state index is 9.14. The van der Waals surface area contributed by atoms with Crippen molar-refractivity contribution in [3.8, 4) is 11.5 Å². The predicted molar refractivity (Wildman–Crippen MR) is 72.3 cm³/mol. The molecule has 0 radical (unpaired) electrons. The number of benzene rings is 2. The van der Waals surface area contributed by atoms with Crippen molar-refractivity contribution in [2.24, 2.45) is 0 Å². The SMILES string of the molecule is Cc1cccc(Oc2ccc(B(O)O)c(C)c2)c1. The van der Waals surface area contributed by atoms with Crippen LogP contribution in [0.15, 0.2) is 42.5 Å². The average molecular weight is 242 g/mol. The zero-order valence-corrected chi connectivity index (χ0v) is 10.4. The van der Waals surface area contributed by atoms with Crippen molar-refractivity contribution in [3.63, 3.8) is 0 Å². The van der Waals surface area contributed by atoms with Crippen LogP contribution in [0.5, 0.6) is 11.5 Å². The molecular formula is C14H15BO3. The topological polar surface area (TPSA) is 49.7 Å². The minimum absolute atomic E-state index is 0.492. The van der Waals surface area contributed by atoms with E-state index in [0.29, 0.717) is 11.2 Å². The van der Waals surface area contributed by atoms with Crippen molar-refractivity contribution in [2.45, 2.75) is 13.8 Å². The summed E-state index contributed by atoms with van der Waals surface area (Å²) in [5.41, 5.74) is 2.41. The summed E-state index contributed by atoms with van der Waals surface area (Å²) in [6.07, 6.45) is 0. The number of hydrogen-bond acceptors (Lipinski definition) is 3. The molecule has 18 heavy (non-hydrogen) atoms. The van der Waals surface area contributed by atoms with E-state index >= 15 is 0 Å². The van der Waals surface area contributed by atoms with Gasteiger partial charge in [-0.2, -0.15) is 0 Å². The van der Waals surface area contributed by atoms with Crippen LogP contribution in [-0.2, 0) is 0 Å². The molecule has 0 fully saturated rings. The van der Waals surface area contributed by atoms with Crippen LogP contribution < -0.4 is 10.2 Å². The van der Waals surface area contributed by atoms with Gasteiger partial charge < -0.3 is 14.8 Å². The Bertz CT molecular complexity index is 552. The summed E-state index contributed by atoms with van der Waals surface area (Å²) in [6.45, 7) is 3.82. The van der Waals surface area contributed by atoms with Crippen molar-refractivity contribution in [2.75, 3.05) is 0 Å². The van der Waals surface area contributed by atoms with Crippen LogP contribution >= 0.6 is 0 Å². The molecule has 0 bridgehead atoms. The molecule has 0 heterocycles. The third kappa shape index (κ3) is 2.91. The largest absolute Gasteiger partial charge is 0.488 e. The molecule has 2 N–H and O–H groups in total. The van der Waals surface area contributed by atoms with Crippen LogP contribution in [0.2, 0.25) is 0 Å². The van der Waals surface area contributed by atoms with Crippen molar-refractivity contribution in [1.29, 1.82) is 0 Å². The Hall–Kier alpha value is -1.78. The Morgan fingerprint density at radius 2 is 1.67 bits per heavy atom. The fourth-order valence-electron chi connectivity index (χ4n) is 1.82. The molecule has 2 aromatic carbocycles. The van der Waals surface area contributed by atoms with Gasteiger partial charge in [0.25, 0.3) is 0 Å². The maximum atomic E-state index is 9.14. The van der Waals surface area contributed by atoms with Crippen LogP contribution in [-0.4, -0.2) is 17.2 Å². The van der Waals surface area contributed by atoms with Gasteiger partial charge in [0.2, 0.25) is 0 Å². The third-order valence-electron chi connectivity index (χ3n) is 2.74. The van der Waals surface area contributed by atoms with Crippen molar-refractivity contribution in [1.82, 2.24) is 0 Å². The first-order valence-electron chi connectivity index (χ1n) is 5.77. The summed E-state index contributed by atoms with van der Waals surface area (Å²) in [7, 11) is -1.45. The molecule has 0 spiro atoms. The van der Waals surface area contributed by atoms with Crippen molar-refractivity contribution >= 4 is 12.6 Å². The summed E-state index contributed by atoms with van der Waals surface area (Å²) in [4.78, 5) is 0. The highest BCUT2D eigenvalue weighted by molar-refractivity contribution is 6.59. The summed E-state index contributed by atoms with van der Waals surface area (Å²) in [5.74, 6) is 1.45. The second kappa shape index (κ2) is 5.25. The Labute approximate surface area is 107 Å². The highest BCUT2D eigenvalue weighted by Gasteiger charge is 2.14. The molecule has 0 aliphatic heterocycles. The number of hydrogen-bond donors (Lipinski definition) is 2. The Balaban J connectivity index is 2.23. The Morgan fingerprint density at radius 1 is 0.944 bits per heavy atom. The first-order chi connectivity index (χ1) is 8.56. The summed E-state index contributed by atoms with van der Waals surface area (Å²) < 4.78 is 5.71. The van der Waals surface area contributed by atoms with E-state index in [2.05, 4.69) is 0 Å². The van der Waals surface area contributed by atoms with Gasteiger partial charge >= 0.3 is 7.12 Å². The van der Waals surface area contributed by atoms with Gasteiger partial charge in [0.05, 0.1) is 0 Å². The average Bonchev–Trinajstić information content (AvgIpc) is 2.28. The van der Waals surface area contributed by atoms with Gasteiger partial charge in [0.1, 0.15) is 11.5 Å². The number of rotatable bonds is 3. The minimum atomic E-state index is -1.45. The predicted octanol–water partition coefficient (Wildman–Crippen LogP) is 1.78. The molecule has 0 aromatic heterocycles. The van der Waals surface area contributed by atoms with Crippen LogP contribution in [0.25, 0.3) is 0 Å². The highest BCUT2D eigenvalue weighted by atomic mass is 16.5. The van der Waals surface area contributed by atoms with E-state index < -0.39 is 7.12 Å². The number of ether oxygens (including phenoxy) is 1. The molecule has 0 atom stereocenters. The summed E-state index contributed by atoms with van der Waals surface area (Å²) >= 11 is 0. The lowest BCUT2D eigenvalue weighted by Gasteiger charge is -2.09. The van der Waals surface area contributed by atoms with E-state index in [1.54, 1.807) is 18.2 Å². The lowest BCUT2D eigenvalue weighted by atomic mass is 9.77. The number of aryl methyl sites for hydroxylation is 2. The molecule has 0 saturated carbocycles. The quantitative estimate of drug-likeness (QED) is 0.806. The molecule has 2 aromatic rings. The van der Waals surface area contributed by atoms with Crippen LogP contribution in [0.1, 0.15) is 11.1 Å². The zero-order chi connectivity index (χ0) is 13.1. The molecule has 0 aliphatic rings. The fraction of sp³-hybridized carbons (Fsp3) is 0.143. The summed E-state index contributed by atoms with van der Waals surface area (Å²) in [5, 5.41) is 18.3. The van der Waals surface area contributed by atoms with Gasteiger partial charge in [-0.1, -0.05) is 18.2 Å². The molecule has 2 rings (SSSR count). The molecule has 0 aliphatic carbocycles. The van der Waals surface area contributed by atoms with Gasteiger partial charge in [-0.05, 0) is 54.7 Å². The molecular weight excluding hydrogens is 227 g/mol. The van der Waals surface area contributed by atoms with Crippen molar-refractivity contribution < 1.29 is 14.8 Å². The smallest absolute Gasteiger partial charge is 0.457 e. The fourth-order valence-corrected chi connectivity index (χ4v) is 1.82.